The molecule has 2 aromatic rings. The zero-order chi connectivity index (χ0) is 15.6. The van der Waals surface area contributed by atoms with E-state index in [1.807, 2.05) is 0 Å². The lowest BCUT2D eigenvalue weighted by Gasteiger charge is -2.18. The Hall–Kier alpha value is -1.93. The number of carboxylic acids is 1. The third kappa shape index (κ3) is 2.91. The zero-order valence-electron chi connectivity index (χ0n) is 11.8. The van der Waals surface area contributed by atoms with Gasteiger partial charge in [-0.25, -0.2) is 13.4 Å². The molecule has 0 N–H and O–H groups in total. The largest absolute Gasteiger partial charge is 0.548 e. The second-order valence-electron chi connectivity index (χ2n) is 4.48. The summed E-state index contributed by atoms with van der Waals surface area (Å²) in [4.78, 5) is 14.9. The van der Waals surface area contributed by atoms with Gasteiger partial charge in [0.15, 0.2) is 0 Å². The van der Waals surface area contributed by atoms with Crippen LogP contribution in [0.1, 0.15) is 13.8 Å². The lowest BCUT2D eigenvalue weighted by molar-refractivity contribution is -0.306. The van der Waals surface area contributed by atoms with Crippen LogP contribution in [0, 0.1) is 0 Å². The predicted molar refractivity (Wildman–Crippen MR) is 74.8 cm³/mol. The molecular formula is C13H16N3O4S-. The highest BCUT2D eigenvalue weighted by Gasteiger charge is 2.22. The molecule has 2 rings (SSSR count). The van der Waals surface area contributed by atoms with Crippen molar-refractivity contribution in [1.29, 1.82) is 0 Å². The summed E-state index contributed by atoms with van der Waals surface area (Å²) in [5.74, 6) is -1.26. The van der Waals surface area contributed by atoms with E-state index >= 15 is 0 Å². The van der Waals surface area contributed by atoms with Gasteiger partial charge in [0, 0.05) is 13.1 Å². The van der Waals surface area contributed by atoms with E-state index in [1.165, 1.54) is 27.3 Å². The molecule has 0 spiro atoms. The Labute approximate surface area is 122 Å². The molecule has 0 bridgehead atoms. The topological polar surface area (TPSA) is 95.3 Å². The highest BCUT2D eigenvalue weighted by atomic mass is 32.2. The fraction of sp³-hybridized carbons (Fsp3) is 0.385. The van der Waals surface area contributed by atoms with Crippen LogP contribution >= 0.6 is 0 Å². The van der Waals surface area contributed by atoms with Crippen molar-refractivity contribution in [3.8, 4) is 0 Å². The van der Waals surface area contributed by atoms with Crippen LogP contribution in [-0.4, -0.2) is 41.3 Å². The van der Waals surface area contributed by atoms with Gasteiger partial charge < -0.3 is 14.5 Å². The molecule has 21 heavy (non-hydrogen) atoms. The van der Waals surface area contributed by atoms with Gasteiger partial charge in [-0.15, -0.1) is 0 Å². The van der Waals surface area contributed by atoms with E-state index in [0.29, 0.717) is 24.1 Å². The Balaban J connectivity index is 2.54. The Morgan fingerprint density at radius 3 is 2.57 bits per heavy atom. The maximum Gasteiger partial charge on any atom is 0.243 e. The number of nitrogens with zero attached hydrogens (tertiary/aromatic N) is 3. The van der Waals surface area contributed by atoms with Gasteiger partial charge >= 0.3 is 0 Å². The SMILES string of the molecule is CCN(CC)S(=O)(=O)c1ccc2ncn(CC(=O)[O-])c2c1. The molecule has 1 aromatic heterocycles. The summed E-state index contributed by atoms with van der Waals surface area (Å²) in [6.07, 6.45) is 1.36. The van der Waals surface area contributed by atoms with E-state index < -0.39 is 16.0 Å². The van der Waals surface area contributed by atoms with Gasteiger partial charge in [-0.1, -0.05) is 13.8 Å². The third-order valence-electron chi connectivity index (χ3n) is 3.24. The van der Waals surface area contributed by atoms with E-state index in [4.69, 9.17) is 0 Å². The van der Waals surface area contributed by atoms with Crippen molar-refractivity contribution in [2.45, 2.75) is 25.3 Å². The number of fused-ring (bicyclic) bond motifs is 1. The van der Waals surface area contributed by atoms with Crippen LogP contribution in [0.3, 0.4) is 0 Å². The first-order valence-corrected chi connectivity index (χ1v) is 7.99. The fourth-order valence-electron chi connectivity index (χ4n) is 2.17. The molecule has 1 aromatic carbocycles. The summed E-state index contributed by atoms with van der Waals surface area (Å²) >= 11 is 0. The van der Waals surface area contributed by atoms with Gasteiger partial charge in [0.2, 0.25) is 10.0 Å². The molecular weight excluding hydrogens is 294 g/mol. The number of hydrogen-bond donors (Lipinski definition) is 0. The number of aliphatic carboxylic acids is 1. The second kappa shape index (κ2) is 5.82. The number of sulfonamides is 1. The minimum atomic E-state index is -3.59. The van der Waals surface area contributed by atoms with Crippen molar-refractivity contribution < 1.29 is 18.3 Å². The Morgan fingerprint density at radius 2 is 2.00 bits per heavy atom. The number of carboxylic acid groups (broad SMARTS) is 1. The van der Waals surface area contributed by atoms with Crippen LogP contribution in [0.15, 0.2) is 29.4 Å². The fourth-order valence-corrected chi connectivity index (χ4v) is 3.65. The Morgan fingerprint density at radius 1 is 1.33 bits per heavy atom. The average molecular weight is 310 g/mol. The van der Waals surface area contributed by atoms with Crippen molar-refractivity contribution in [2.75, 3.05) is 13.1 Å². The second-order valence-corrected chi connectivity index (χ2v) is 6.42. The van der Waals surface area contributed by atoms with Gasteiger partial charge in [-0.05, 0) is 18.2 Å². The van der Waals surface area contributed by atoms with Crippen molar-refractivity contribution in [3.05, 3.63) is 24.5 Å². The molecule has 1 heterocycles. The van der Waals surface area contributed by atoms with Crippen LogP contribution < -0.4 is 5.11 Å². The average Bonchev–Trinajstić information content (AvgIpc) is 2.81. The number of carbonyl (C=O) groups excluding carboxylic acids is 1. The molecule has 114 valence electrons. The quantitative estimate of drug-likeness (QED) is 0.737. The Kier molecular flexibility index (Phi) is 4.29. The van der Waals surface area contributed by atoms with Gasteiger partial charge in [0.1, 0.15) is 0 Å². The number of hydrogen-bond acceptors (Lipinski definition) is 5. The molecule has 0 saturated heterocycles. The smallest absolute Gasteiger partial charge is 0.243 e. The summed E-state index contributed by atoms with van der Waals surface area (Å²) in [7, 11) is -3.59. The predicted octanol–water partition coefficient (Wildman–Crippen LogP) is -0.183. The van der Waals surface area contributed by atoms with Gasteiger partial charge in [0.25, 0.3) is 0 Å². The minimum Gasteiger partial charge on any atom is -0.548 e. The normalized spacial score (nSPS) is 12.1. The van der Waals surface area contributed by atoms with Crippen molar-refractivity contribution >= 4 is 27.0 Å². The summed E-state index contributed by atoms with van der Waals surface area (Å²) in [5, 5.41) is 10.7. The molecule has 0 aliphatic rings. The highest BCUT2D eigenvalue weighted by Crippen LogP contribution is 2.21. The summed E-state index contributed by atoms with van der Waals surface area (Å²) in [6.45, 7) is 3.90. The van der Waals surface area contributed by atoms with Crippen molar-refractivity contribution in [1.82, 2.24) is 13.9 Å². The molecule has 0 radical (unpaired) electrons. The molecule has 0 aliphatic heterocycles. The van der Waals surface area contributed by atoms with E-state index in [0.717, 1.165) is 0 Å². The first-order valence-electron chi connectivity index (χ1n) is 6.55. The molecule has 0 amide bonds. The number of carbonyl (C=O) groups is 1. The number of rotatable bonds is 6. The summed E-state index contributed by atoms with van der Waals surface area (Å²) < 4.78 is 27.6. The van der Waals surface area contributed by atoms with E-state index in [9.17, 15) is 18.3 Å². The first kappa shape index (κ1) is 15.5. The van der Waals surface area contributed by atoms with Gasteiger partial charge in [-0.3, -0.25) is 0 Å². The standard InChI is InChI=1S/C13H17N3O4S/c1-3-16(4-2)21(19,20)10-5-6-11-12(7-10)15(9-14-11)8-13(17)18/h5-7,9H,3-4,8H2,1-2H3,(H,17,18)/p-1. The van der Waals surface area contributed by atoms with Crippen LogP contribution in [0.2, 0.25) is 0 Å². The zero-order valence-corrected chi connectivity index (χ0v) is 12.6. The minimum absolute atomic E-state index is 0.124. The molecule has 0 fully saturated rings. The Bertz CT molecular complexity index is 763. The first-order chi connectivity index (χ1) is 9.90. The van der Waals surface area contributed by atoms with E-state index in [1.54, 1.807) is 19.9 Å². The molecule has 7 nitrogen and oxygen atoms in total. The van der Waals surface area contributed by atoms with Crippen LogP contribution in [-0.2, 0) is 21.4 Å². The molecule has 0 aliphatic carbocycles. The highest BCUT2D eigenvalue weighted by molar-refractivity contribution is 7.89. The maximum absolute atomic E-state index is 12.5. The van der Waals surface area contributed by atoms with Crippen molar-refractivity contribution in [2.24, 2.45) is 0 Å². The lowest BCUT2D eigenvalue weighted by atomic mass is 10.3. The third-order valence-corrected chi connectivity index (χ3v) is 5.28. The maximum atomic E-state index is 12.5. The summed E-state index contributed by atoms with van der Waals surface area (Å²) in [5.41, 5.74) is 0.988. The number of benzene rings is 1. The monoisotopic (exact) mass is 310 g/mol. The molecule has 0 saturated carbocycles. The van der Waals surface area contributed by atoms with Crippen LogP contribution in [0.4, 0.5) is 0 Å². The summed E-state index contributed by atoms with van der Waals surface area (Å²) in [6, 6.07) is 4.49. The molecule has 8 heteroatoms. The van der Waals surface area contributed by atoms with Crippen LogP contribution in [0.25, 0.3) is 11.0 Å². The van der Waals surface area contributed by atoms with Gasteiger partial charge in [0.05, 0.1) is 34.8 Å². The van der Waals surface area contributed by atoms with E-state index in [2.05, 4.69) is 4.98 Å². The lowest BCUT2D eigenvalue weighted by Crippen LogP contribution is -2.30. The van der Waals surface area contributed by atoms with Crippen molar-refractivity contribution in [3.63, 3.8) is 0 Å². The van der Waals surface area contributed by atoms with Crippen LogP contribution in [0.5, 0.6) is 0 Å². The molecule has 0 atom stereocenters. The number of imidazole rings is 1. The van der Waals surface area contributed by atoms with Gasteiger partial charge in [-0.2, -0.15) is 4.31 Å². The van der Waals surface area contributed by atoms with E-state index in [-0.39, 0.29) is 11.4 Å². The number of aromatic nitrogens is 2. The molecule has 0 unspecified atom stereocenters.